The topological polar surface area (TPSA) is 107 Å². The number of nitrogen functional groups attached to an aromatic ring is 1. The minimum absolute atomic E-state index is 0.0756. The highest BCUT2D eigenvalue weighted by molar-refractivity contribution is 7.07. The molecule has 1 atom stereocenters. The van der Waals surface area contributed by atoms with Crippen molar-refractivity contribution in [2.75, 3.05) is 11.1 Å². The Morgan fingerprint density at radius 2 is 2.25 bits per heavy atom. The molecule has 0 fully saturated rings. The van der Waals surface area contributed by atoms with E-state index in [1.165, 1.54) is 17.3 Å². The lowest BCUT2D eigenvalue weighted by molar-refractivity contribution is 0.786. The van der Waals surface area contributed by atoms with E-state index >= 15 is 0 Å². The van der Waals surface area contributed by atoms with Gasteiger partial charge in [-0.2, -0.15) is 36.1 Å². The van der Waals surface area contributed by atoms with Crippen LogP contribution in [0.4, 0.5) is 11.9 Å². The van der Waals surface area contributed by atoms with Crippen LogP contribution >= 0.6 is 11.3 Å². The molecule has 1 unspecified atom stereocenters. The van der Waals surface area contributed by atoms with E-state index < -0.39 is 0 Å². The normalized spacial score (nSPS) is 12.2. The number of rotatable bonds is 4. The Kier molecular flexibility index (Phi) is 3.25. The zero-order valence-corrected chi connectivity index (χ0v) is 11.4. The van der Waals surface area contributed by atoms with Gasteiger partial charge in [0.2, 0.25) is 11.9 Å². The van der Waals surface area contributed by atoms with Crippen LogP contribution in [-0.4, -0.2) is 29.7 Å². The monoisotopic (exact) mass is 288 g/mol. The number of hydrogen-bond donors (Lipinski definition) is 2. The molecule has 20 heavy (non-hydrogen) atoms. The third-order valence-corrected chi connectivity index (χ3v) is 3.35. The summed E-state index contributed by atoms with van der Waals surface area (Å²) in [6.07, 6.45) is 2.90. The van der Waals surface area contributed by atoms with E-state index in [4.69, 9.17) is 5.73 Å². The summed E-state index contributed by atoms with van der Waals surface area (Å²) in [5, 5.41) is 11.3. The lowest BCUT2D eigenvalue weighted by Crippen LogP contribution is -2.13. The number of anilines is 2. The molecule has 3 aromatic rings. The van der Waals surface area contributed by atoms with Crippen LogP contribution in [0.25, 0.3) is 5.95 Å². The third-order valence-electron chi connectivity index (χ3n) is 2.65. The molecule has 0 amide bonds. The van der Waals surface area contributed by atoms with Crippen molar-refractivity contribution in [2.24, 2.45) is 0 Å². The molecule has 0 saturated heterocycles. The highest BCUT2D eigenvalue weighted by atomic mass is 32.1. The van der Waals surface area contributed by atoms with Crippen molar-refractivity contribution in [2.45, 2.75) is 13.0 Å². The largest absolute Gasteiger partial charge is 0.368 e. The van der Waals surface area contributed by atoms with E-state index in [1.807, 2.05) is 18.4 Å². The molecule has 0 aromatic carbocycles. The number of hydrogen-bond acceptors (Lipinski definition) is 8. The van der Waals surface area contributed by atoms with E-state index in [9.17, 15) is 0 Å². The van der Waals surface area contributed by atoms with Crippen molar-refractivity contribution < 1.29 is 0 Å². The predicted octanol–water partition coefficient (Wildman–Crippen LogP) is 1.27. The molecule has 3 aromatic heterocycles. The van der Waals surface area contributed by atoms with Crippen LogP contribution in [0, 0.1) is 0 Å². The second-order valence-electron chi connectivity index (χ2n) is 4.08. The molecule has 0 aliphatic carbocycles. The molecule has 0 saturated carbocycles. The van der Waals surface area contributed by atoms with Crippen molar-refractivity contribution >= 4 is 23.2 Å². The maximum Gasteiger partial charge on any atom is 0.258 e. The zero-order chi connectivity index (χ0) is 13.9. The van der Waals surface area contributed by atoms with Gasteiger partial charge in [0.15, 0.2) is 0 Å². The standard InChI is InChI=1S/C11H12N8S/c1-7(8-2-3-20-4-8)15-10-16-9(12)17-11(18-10)19-6-13-5-14-19/h2-7H,1H3,(H3,12,15,16,17,18). The Morgan fingerprint density at radius 1 is 1.35 bits per heavy atom. The lowest BCUT2D eigenvalue weighted by Gasteiger charge is -2.13. The van der Waals surface area contributed by atoms with Crippen LogP contribution in [0.15, 0.2) is 29.5 Å². The van der Waals surface area contributed by atoms with Gasteiger partial charge in [0.1, 0.15) is 12.7 Å². The summed E-state index contributed by atoms with van der Waals surface area (Å²) < 4.78 is 1.43. The average molecular weight is 288 g/mol. The number of nitrogens with one attached hydrogen (secondary N) is 1. The maximum atomic E-state index is 5.70. The van der Waals surface area contributed by atoms with Gasteiger partial charge in [0.25, 0.3) is 5.95 Å². The van der Waals surface area contributed by atoms with E-state index in [1.54, 1.807) is 11.3 Å². The number of nitrogens with zero attached hydrogens (tertiary/aromatic N) is 6. The van der Waals surface area contributed by atoms with Gasteiger partial charge >= 0.3 is 0 Å². The third kappa shape index (κ3) is 2.57. The smallest absolute Gasteiger partial charge is 0.258 e. The van der Waals surface area contributed by atoms with Crippen molar-refractivity contribution in [1.82, 2.24) is 29.7 Å². The summed E-state index contributed by atoms with van der Waals surface area (Å²) >= 11 is 1.64. The first-order valence-electron chi connectivity index (χ1n) is 5.87. The number of aromatic nitrogens is 6. The first-order chi connectivity index (χ1) is 9.72. The van der Waals surface area contributed by atoms with Gasteiger partial charge in [-0.25, -0.2) is 4.98 Å². The SMILES string of the molecule is CC(Nc1nc(N)nc(-n2cncn2)n1)c1ccsc1. The fourth-order valence-corrected chi connectivity index (χ4v) is 2.41. The molecule has 3 N–H and O–H groups in total. The van der Waals surface area contributed by atoms with Crippen molar-refractivity contribution in [3.63, 3.8) is 0 Å². The Labute approximate surface area is 118 Å². The Bertz CT molecular complexity index is 679. The van der Waals surface area contributed by atoms with Crippen molar-refractivity contribution in [3.05, 3.63) is 35.0 Å². The van der Waals surface area contributed by atoms with Crippen LogP contribution in [0.5, 0.6) is 0 Å². The average Bonchev–Trinajstić information content (AvgIpc) is 3.12. The number of thiophene rings is 1. The highest BCUT2D eigenvalue weighted by Gasteiger charge is 2.11. The fourth-order valence-electron chi connectivity index (χ4n) is 1.66. The second-order valence-corrected chi connectivity index (χ2v) is 4.86. The Balaban J connectivity index is 1.87. The first kappa shape index (κ1) is 12.5. The fraction of sp³-hybridized carbons (Fsp3) is 0.182. The van der Waals surface area contributed by atoms with Crippen molar-refractivity contribution in [1.29, 1.82) is 0 Å². The van der Waals surface area contributed by atoms with Crippen LogP contribution in [0.2, 0.25) is 0 Å². The van der Waals surface area contributed by atoms with Gasteiger partial charge in [-0.1, -0.05) is 0 Å². The van der Waals surface area contributed by atoms with E-state index in [0.717, 1.165) is 5.56 Å². The van der Waals surface area contributed by atoms with Gasteiger partial charge in [-0.3, -0.25) is 0 Å². The summed E-state index contributed by atoms with van der Waals surface area (Å²) in [6.45, 7) is 2.02. The lowest BCUT2D eigenvalue weighted by atomic mass is 10.2. The molecule has 0 bridgehead atoms. The van der Waals surface area contributed by atoms with Crippen LogP contribution in [0.3, 0.4) is 0 Å². The number of nitrogens with two attached hydrogens (primary N) is 1. The van der Waals surface area contributed by atoms with Gasteiger partial charge < -0.3 is 11.1 Å². The molecule has 102 valence electrons. The molecule has 0 radical (unpaired) electrons. The van der Waals surface area contributed by atoms with Crippen LogP contribution in [0.1, 0.15) is 18.5 Å². The van der Waals surface area contributed by atoms with Crippen molar-refractivity contribution in [3.8, 4) is 5.95 Å². The first-order valence-corrected chi connectivity index (χ1v) is 6.82. The molecular weight excluding hydrogens is 276 g/mol. The van der Waals surface area contributed by atoms with E-state index in [2.05, 4.69) is 35.7 Å². The minimum atomic E-state index is 0.0756. The molecule has 3 heterocycles. The maximum absolute atomic E-state index is 5.70. The summed E-state index contributed by atoms with van der Waals surface area (Å²) in [5.41, 5.74) is 6.86. The van der Waals surface area contributed by atoms with E-state index in [-0.39, 0.29) is 12.0 Å². The molecule has 8 nitrogen and oxygen atoms in total. The van der Waals surface area contributed by atoms with Gasteiger partial charge in [0, 0.05) is 0 Å². The van der Waals surface area contributed by atoms with Gasteiger partial charge in [-0.05, 0) is 29.3 Å². The molecular formula is C11H12N8S. The quantitative estimate of drug-likeness (QED) is 0.744. The molecule has 3 rings (SSSR count). The Hall–Kier alpha value is -2.55. The summed E-state index contributed by atoms with van der Waals surface area (Å²) in [4.78, 5) is 16.2. The molecule has 0 aliphatic heterocycles. The Morgan fingerprint density at radius 3 is 2.95 bits per heavy atom. The summed E-state index contributed by atoms with van der Waals surface area (Å²) in [7, 11) is 0. The summed E-state index contributed by atoms with van der Waals surface area (Å²) in [5.74, 6) is 0.863. The molecule has 9 heteroatoms. The van der Waals surface area contributed by atoms with Crippen LogP contribution in [-0.2, 0) is 0 Å². The van der Waals surface area contributed by atoms with Gasteiger partial charge in [-0.15, -0.1) is 0 Å². The second kappa shape index (κ2) is 5.21. The zero-order valence-electron chi connectivity index (χ0n) is 10.6. The van der Waals surface area contributed by atoms with Gasteiger partial charge in [0.05, 0.1) is 6.04 Å². The van der Waals surface area contributed by atoms with Crippen LogP contribution < -0.4 is 11.1 Å². The molecule has 0 spiro atoms. The highest BCUT2D eigenvalue weighted by Crippen LogP contribution is 2.19. The minimum Gasteiger partial charge on any atom is -0.368 e. The molecule has 0 aliphatic rings. The predicted molar refractivity (Wildman–Crippen MR) is 75.5 cm³/mol. The summed E-state index contributed by atoms with van der Waals surface area (Å²) in [6, 6.07) is 2.12. The van der Waals surface area contributed by atoms with E-state index in [0.29, 0.717) is 11.9 Å².